The third kappa shape index (κ3) is 3.14. The summed E-state index contributed by atoms with van der Waals surface area (Å²) < 4.78 is 0. The number of nitro groups is 1. The monoisotopic (exact) mass is 278 g/mol. The van der Waals surface area contributed by atoms with Crippen molar-refractivity contribution in [2.75, 3.05) is 0 Å². The molecule has 1 amide bonds. The van der Waals surface area contributed by atoms with Gasteiger partial charge in [-0.3, -0.25) is 14.9 Å². The van der Waals surface area contributed by atoms with Crippen molar-refractivity contribution in [2.45, 2.75) is 44.8 Å². The van der Waals surface area contributed by atoms with Gasteiger partial charge in [-0.15, -0.1) is 0 Å². The van der Waals surface area contributed by atoms with Gasteiger partial charge in [-0.1, -0.05) is 18.9 Å². The van der Waals surface area contributed by atoms with E-state index in [1.807, 2.05) is 0 Å². The van der Waals surface area contributed by atoms with Gasteiger partial charge in [-0.2, -0.15) is 0 Å². The Bertz CT molecular complexity index is 530. The molecule has 1 saturated carbocycles. The number of nitro benzene ring substituents is 1. The molecule has 1 aromatic rings. The molecule has 2 N–H and O–H groups in total. The molecule has 0 aromatic heterocycles. The third-order valence-corrected chi connectivity index (χ3v) is 3.64. The molecule has 0 saturated heterocycles. The van der Waals surface area contributed by atoms with Crippen LogP contribution in [0, 0.1) is 17.0 Å². The standard InChI is InChI=1S/C14H18N2O4/c1-9-6-7-12(16(19)20)10(8-9)14(18)15-11-4-2-3-5-13(11)17/h6-8,11,13,17H,2-5H2,1H3,(H,15,18). The minimum atomic E-state index is -0.573. The second-order valence-corrected chi connectivity index (χ2v) is 5.21. The third-order valence-electron chi connectivity index (χ3n) is 3.64. The number of nitrogens with zero attached hydrogens (tertiary/aromatic N) is 1. The molecule has 6 heteroatoms. The Morgan fingerprint density at radius 3 is 2.75 bits per heavy atom. The molecule has 0 bridgehead atoms. The average Bonchev–Trinajstić information content (AvgIpc) is 2.40. The maximum absolute atomic E-state index is 12.2. The highest BCUT2D eigenvalue weighted by molar-refractivity contribution is 5.98. The van der Waals surface area contributed by atoms with E-state index >= 15 is 0 Å². The SMILES string of the molecule is Cc1ccc([N+](=O)[O-])c(C(=O)NC2CCCCC2O)c1. The van der Waals surface area contributed by atoms with Crippen LogP contribution < -0.4 is 5.32 Å². The van der Waals surface area contributed by atoms with Crippen molar-refractivity contribution < 1.29 is 14.8 Å². The van der Waals surface area contributed by atoms with Crippen LogP contribution in [0.2, 0.25) is 0 Å². The summed E-state index contributed by atoms with van der Waals surface area (Å²) in [6.45, 7) is 1.77. The smallest absolute Gasteiger partial charge is 0.282 e. The summed E-state index contributed by atoms with van der Waals surface area (Å²) in [5.41, 5.74) is 0.621. The molecule has 20 heavy (non-hydrogen) atoms. The normalized spacial score (nSPS) is 22.3. The van der Waals surface area contributed by atoms with Crippen molar-refractivity contribution in [1.29, 1.82) is 0 Å². The molecule has 2 atom stereocenters. The minimum absolute atomic E-state index is 0.0489. The molecule has 0 radical (unpaired) electrons. The Balaban J connectivity index is 2.20. The Morgan fingerprint density at radius 2 is 2.10 bits per heavy atom. The van der Waals surface area contributed by atoms with E-state index in [-0.39, 0.29) is 17.3 Å². The van der Waals surface area contributed by atoms with E-state index in [1.54, 1.807) is 13.0 Å². The first-order valence-corrected chi connectivity index (χ1v) is 6.73. The fourth-order valence-corrected chi connectivity index (χ4v) is 2.52. The Hall–Kier alpha value is -1.95. The molecule has 0 aliphatic heterocycles. The molecule has 1 aromatic carbocycles. The van der Waals surface area contributed by atoms with E-state index in [0.29, 0.717) is 12.8 Å². The van der Waals surface area contributed by atoms with E-state index in [2.05, 4.69) is 5.32 Å². The topological polar surface area (TPSA) is 92.5 Å². The lowest BCUT2D eigenvalue weighted by atomic mass is 9.92. The van der Waals surface area contributed by atoms with Crippen LogP contribution in [-0.2, 0) is 0 Å². The second kappa shape index (κ2) is 6.00. The first-order chi connectivity index (χ1) is 9.49. The van der Waals surface area contributed by atoms with Crippen molar-refractivity contribution in [3.8, 4) is 0 Å². The van der Waals surface area contributed by atoms with Gasteiger partial charge in [0.1, 0.15) is 5.56 Å². The van der Waals surface area contributed by atoms with Crippen LogP contribution in [0.15, 0.2) is 18.2 Å². The van der Waals surface area contributed by atoms with Crippen LogP contribution in [0.25, 0.3) is 0 Å². The molecule has 1 fully saturated rings. The number of hydrogen-bond acceptors (Lipinski definition) is 4. The van der Waals surface area contributed by atoms with Crippen molar-refractivity contribution >= 4 is 11.6 Å². The highest BCUT2D eigenvalue weighted by Gasteiger charge is 2.27. The number of carbonyl (C=O) groups excluding carboxylic acids is 1. The quantitative estimate of drug-likeness (QED) is 0.652. The number of nitrogens with one attached hydrogen (secondary N) is 1. The average molecular weight is 278 g/mol. The number of aliphatic hydroxyl groups excluding tert-OH is 1. The van der Waals surface area contributed by atoms with Crippen LogP contribution >= 0.6 is 0 Å². The molecule has 0 spiro atoms. The molecule has 0 heterocycles. The molecule has 6 nitrogen and oxygen atoms in total. The predicted molar refractivity (Wildman–Crippen MR) is 73.6 cm³/mol. The summed E-state index contributed by atoms with van der Waals surface area (Å²) >= 11 is 0. The van der Waals surface area contributed by atoms with Gasteiger partial charge in [0.05, 0.1) is 17.1 Å². The van der Waals surface area contributed by atoms with Crippen molar-refractivity contribution in [3.63, 3.8) is 0 Å². The van der Waals surface area contributed by atoms with Crippen LogP contribution in [-0.4, -0.2) is 28.1 Å². The number of aliphatic hydroxyl groups is 1. The van der Waals surface area contributed by atoms with Crippen LogP contribution in [0.3, 0.4) is 0 Å². The van der Waals surface area contributed by atoms with E-state index < -0.39 is 16.9 Å². The van der Waals surface area contributed by atoms with Gasteiger partial charge in [0.2, 0.25) is 0 Å². The second-order valence-electron chi connectivity index (χ2n) is 5.21. The molecule has 1 aliphatic rings. The number of carbonyl (C=O) groups is 1. The van der Waals surface area contributed by atoms with Gasteiger partial charge in [0, 0.05) is 6.07 Å². The molecule has 2 rings (SSSR count). The number of rotatable bonds is 3. The first-order valence-electron chi connectivity index (χ1n) is 6.73. The van der Waals surface area contributed by atoms with Crippen molar-refractivity contribution in [3.05, 3.63) is 39.4 Å². The zero-order valence-electron chi connectivity index (χ0n) is 11.3. The lowest BCUT2D eigenvalue weighted by Crippen LogP contribution is -2.45. The highest BCUT2D eigenvalue weighted by Crippen LogP contribution is 2.22. The molecule has 2 unspecified atom stereocenters. The summed E-state index contributed by atoms with van der Waals surface area (Å²) in [5.74, 6) is -0.494. The van der Waals surface area contributed by atoms with E-state index in [9.17, 15) is 20.0 Å². The summed E-state index contributed by atoms with van der Waals surface area (Å²) in [5, 5.41) is 23.5. The summed E-state index contributed by atoms with van der Waals surface area (Å²) in [4.78, 5) is 22.6. The Kier molecular flexibility index (Phi) is 4.34. The minimum Gasteiger partial charge on any atom is -0.391 e. The van der Waals surface area contributed by atoms with Crippen LogP contribution in [0.5, 0.6) is 0 Å². The number of aryl methyl sites for hydroxylation is 1. The van der Waals surface area contributed by atoms with E-state index in [4.69, 9.17) is 0 Å². The van der Waals surface area contributed by atoms with Crippen LogP contribution in [0.4, 0.5) is 5.69 Å². The maximum atomic E-state index is 12.2. The summed E-state index contributed by atoms with van der Waals surface area (Å²) in [6.07, 6.45) is 2.67. The van der Waals surface area contributed by atoms with Gasteiger partial charge in [-0.05, 0) is 31.4 Å². The molecule has 108 valence electrons. The zero-order valence-corrected chi connectivity index (χ0v) is 11.3. The van der Waals surface area contributed by atoms with Gasteiger partial charge < -0.3 is 10.4 Å². The van der Waals surface area contributed by atoms with E-state index in [0.717, 1.165) is 18.4 Å². The largest absolute Gasteiger partial charge is 0.391 e. The number of amides is 1. The number of benzene rings is 1. The van der Waals surface area contributed by atoms with E-state index in [1.165, 1.54) is 12.1 Å². The van der Waals surface area contributed by atoms with Gasteiger partial charge in [0.15, 0.2) is 0 Å². The summed E-state index contributed by atoms with van der Waals surface area (Å²) in [7, 11) is 0. The van der Waals surface area contributed by atoms with Gasteiger partial charge in [0.25, 0.3) is 11.6 Å². The fraction of sp³-hybridized carbons (Fsp3) is 0.500. The van der Waals surface area contributed by atoms with Gasteiger partial charge >= 0.3 is 0 Å². The Morgan fingerprint density at radius 1 is 1.40 bits per heavy atom. The Labute approximate surface area is 117 Å². The summed E-state index contributed by atoms with van der Waals surface area (Å²) in [6, 6.07) is 4.12. The lowest BCUT2D eigenvalue weighted by molar-refractivity contribution is -0.385. The van der Waals surface area contributed by atoms with Crippen LogP contribution in [0.1, 0.15) is 41.6 Å². The molecular weight excluding hydrogens is 260 g/mol. The molecular formula is C14H18N2O4. The number of hydrogen-bond donors (Lipinski definition) is 2. The fourth-order valence-electron chi connectivity index (χ4n) is 2.52. The molecule has 1 aliphatic carbocycles. The predicted octanol–water partition coefficient (Wildman–Crippen LogP) is 1.94. The van der Waals surface area contributed by atoms with Gasteiger partial charge in [-0.25, -0.2) is 0 Å². The van der Waals surface area contributed by atoms with Crippen molar-refractivity contribution in [1.82, 2.24) is 5.32 Å². The lowest BCUT2D eigenvalue weighted by Gasteiger charge is -2.28. The maximum Gasteiger partial charge on any atom is 0.282 e. The highest BCUT2D eigenvalue weighted by atomic mass is 16.6. The zero-order chi connectivity index (χ0) is 14.7. The van der Waals surface area contributed by atoms with Crippen molar-refractivity contribution in [2.24, 2.45) is 0 Å². The first kappa shape index (κ1) is 14.5.